The molecular formula is C17H18FN3OS. The van der Waals surface area contributed by atoms with E-state index in [0.29, 0.717) is 11.5 Å². The van der Waals surface area contributed by atoms with Gasteiger partial charge in [-0.25, -0.2) is 4.39 Å². The van der Waals surface area contributed by atoms with Crippen molar-refractivity contribution in [2.45, 2.75) is 13.3 Å². The monoisotopic (exact) mass is 331 g/mol. The Morgan fingerprint density at radius 1 is 1.22 bits per heavy atom. The lowest BCUT2D eigenvalue weighted by Gasteiger charge is -2.10. The summed E-state index contributed by atoms with van der Waals surface area (Å²) in [5.41, 5.74) is 5.25. The molecule has 0 amide bonds. The quantitative estimate of drug-likeness (QED) is 0.495. The van der Waals surface area contributed by atoms with Gasteiger partial charge in [-0.1, -0.05) is 25.1 Å². The number of rotatable bonds is 5. The topological polar surface area (TPSA) is 45.7 Å². The summed E-state index contributed by atoms with van der Waals surface area (Å²) in [6, 6.07) is 13.6. The molecule has 0 fully saturated rings. The molecule has 0 bridgehead atoms. The van der Waals surface area contributed by atoms with Crippen LogP contribution in [0, 0.1) is 5.82 Å². The molecule has 23 heavy (non-hydrogen) atoms. The normalized spacial score (nSPS) is 11.0. The Balaban J connectivity index is 2.01. The first-order valence-electron chi connectivity index (χ1n) is 7.16. The van der Waals surface area contributed by atoms with Gasteiger partial charge >= 0.3 is 0 Å². The fourth-order valence-corrected chi connectivity index (χ4v) is 2.13. The molecule has 0 unspecified atom stereocenters. The van der Waals surface area contributed by atoms with Gasteiger partial charge < -0.3 is 10.1 Å². The van der Waals surface area contributed by atoms with Crippen molar-refractivity contribution in [3.63, 3.8) is 0 Å². The van der Waals surface area contributed by atoms with E-state index in [0.717, 1.165) is 22.7 Å². The van der Waals surface area contributed by atoms with Crippen LogP contribution in [0.2, 0.25) is 0 Å². The van der Waals surface area contributed by atoms with Gasteiger partial charge in [0.05, 0.1) is 12.8 Å². The minimum absolute atomic E-state index is 0.271. The summed E-state index contributed by atoms with van der Waals surface area (Å²) < 4.78 is 18.1. The van der Waals surface area contributed by atoms with E-state index in [1.165, 1.54) is 12.1 Å². The third kappa shape index (κ3) is 5.03. The van der Waals surface area contributed by atoms with Gasteiger partial charge in [0.15, 0.2) is 5.11 Å². The van der Waals surface area contributed by atoms with Crippen LogP contribution in [0.1, 0.15) is 18.9 Å². The van der Waals surface area contributed by atoms with Crippen molar-refractivity contribution in [1.29, 1.82) is 0 Å². The number of thiocarbonyl (C=S) groups is 1. The average molecular weight is 331 g/mol. The largest absolute Gasteiger partial charge is 0.497 e. The number of hydrogen-bond acceptors (Lipinski definition) is 3. The number of nitrogens with one attached hydrogen (secondary N) is 2. The first-order valence-corrected chi connectivity index (χ1v) is 7.56. The van der Waals surface area contributed by atoms with Crippen molar-refractivity contribution in [2.24, 2.45) is 5.10 Å². The van der Waals surface area contributed by atoms with Gasteiger partial charge in [0.25, 0.3) is 0 Å². The predicted octanol–water partition coefficient (Wildman–Crippen LogP) is 3.94. The van der Waals surface area contributed by atoms with Crippen molar-refractivity contribution >= 4 is 28.7 Å². The fourth-order valence-electron chi connectivity index (χ4n) is 1.97. The maximum atomic E-state index is 13.0. The molecule has 0 radical (unpaired) electrons. The molecule has 0 spiro atoms. The molecule has 2 aromatic rings. The summed E-state index contributed by atoms with van der Waals surface area (Å²) in [5.74, 6) is 0.467. The van der Waals surface area contributed by atoms with E-state index < -0.39 is 0 Å². The van der Waals surface area contributed by atoms with Crippen molar-refractivity contribution in [3.05, 3.63) is 59.9 Å². The van der Waals surface area contributed by atoms with Crippen LogP contribution in [0.3, 0.4) is 0 Å². The van der Waals surface area contributed by atoms with E-state index in [1.54, 1.807) is 19.2 Å². The number of anilines is 1. The highest BCUT2D eigenvalue weighted by Crippen LogP contribution is 2.16. The first-order chi connectivity index (χ1) is 11.1. The van der Waals surface area contributed by atoms with Gasteiger partial charge in [-0.3, -0.25) is 5.43 Å². The molecule has 2 aromatic carbocycles. The Kier molecular flexibility index (Phi) is 6.05. The number of hydrogen-bond donors (Lipinski definition) is 2. The highest BCUT2D eigenvalue weighted by Gasteiger charge is 2.03. The number of nitrogens with zero attached hydrogens (tertiary/aromatic N) is 1. The van der Waals surface area contributed by atoms with Gasteiger partial charge in [-0.2, -0.15) is 5.10 Å². The molecule has 2 N–H and O–H groups in total. The third-order valence-electron chi connectivity index (χ3n) is 3.13. The zero-order valence-corrected chi connectivity index (χ0v) is 13.8. The Labute approximate surface area is 140 Å². The second kappa shape index (κ2) is 8.24. The van der Waals surface area contributed by atoms with E-state index in [9.17, 15) is 4.39 Å². The zero-order chi connectivity index (χ0) is 16.7. The van der Waals surface area contributed by atoms with Crippen LogP contribution in [-0.4, -0.2) is 17.9 Å². The van der Waals surface area contributed by atoms with Crippen LogP contribution in [0.5, 0.6) is 5.75 Å². The summed E-state index contributed by atoms with van der Waals surface area (Å²) in [5, 5.41) is 7.69. The maximum absolute atomic E-state index is 13.0. The summed E-state index contributed by atoms with van der Waals surface area (Å²) >= 11 is 5.22. The Morgan fingerprint density at radius 2 is 1.96 bits per heavy atom. The van der Waals surface area contributed by atoms with Crippen LogP contribution in [0.25, 0.3) is 0 Å². The third-order valence-corrected chi connectivity index (χ3v) is 3.33. The lowest BCUT2D eigenvalue weighted by atomic mass is 10.1. The van der Waals surface area contributed by atoms with Crippen molar-refractivity contribution in [3.8, 4) is 5.75 Å². The number of hydrazone groups is 1. The molecule has 0 heterocycles. The van der Waals surface area contributed by atoms with Crippen LogP contribution in [0.4, 0.5) is 10.1 Å². The van der Waals surface area contributed by atoms with E-state index in [1.807, 2.05) is 31.2 Å². The number of methoxy groups -OCH3 is 1. The van der Waals surface area contributed by atoms with Crippen molar-refractivity contribution in [2.75, 3.05) is 12.4 Å². The van der Waals surface area contributed by atoms with E-state index >= 15 is 0 Å². The second-order valence-corrected chi connectivity index (χ2v) is 5.13. The van der Waals surface area contributed by atoms with Gasteiger partial charge in [-0.05, 0) is 48.5 Å². The molecule has 2 rings (SSSR count). The highest BCUT2D eigenvalue weighted by atomic mass is 32.1. The second-order valence-electron chi connectivity index (χ2n) is 4.72. The zero-order valence-electron chi connectivity index (χ0n) is 13.0. The molecule has 0 saturated heterocycles. The maximum Gasteiger partial charge on any atom is 0.191 e. The van der Waals surface area contributed by atoms with Gasteiger partial charge in [0.1, 0.15) is 11.6 Å². The molecule has 0 aliphatic heterocycles. The van der Waals surface area contributed by atoms with Crippen LogP contribution in [0.15, 0.2) is 53.6 Å². The van der Waals surface area contributed by atoms with Crippen molar-refractivity contribution in [1.82, 2.24) is 5.43 Å². The summed E-state index contributed by atoms with van der Waals surface area (Å²) in [6.45, 7) is 1.97. The minimum atomic E-state index is -0.271. The smallest absolute Gasteiger partial charge is 0.191 e. The standard InChI is InChI=1S/C17H18FN3OS/c1-3-16(12-7-9-13(18)10-8-12)20-21-17(23)19-14-5-4-6-15(11-14)22-2/h4-11H,3H2,1-2H3,(H2,19,21,23)/b20-16-. The Morgan fingerprint density at radius 3 is 2.61 bits per heavy atom. The molecule has 0 atom stereocenters. The lowest BCUT2D eigenvalue weighted by molar-refractivity contribution is 0.415. The van der Waals surface area contributed by atoms with Crippen LogP contribution in [-0.2, 0) is 0 Å². The fraction of sp³-hybridized carbons (Fsp3) is 0.176. The number of benzene rings is 2. The lowest BCUT2D eigenvalue weighted by Crippen LogP contribution is -2.25. The average Bonchev–Trinajstić information content (AvgIpc) is 2.57. The summed E-state index contributed by atoms with van der Waals surface area (Å²) in [7, 11) is 1.61. The van der Waals surface area contributed by atoms with E-state index in [4.69, 9.17) is 17.0 Å². The van der Waals surface area contributed by atoms with Gasteiger partial charge in [0, 0.05) is 11.8 Å². The molecule has 120 valence electrons. The molecule has 6 heteroatoms. The van der Waals surface area contributed by atoms with Gasteiger partial charge in [0.2, 0.25) is 0 Å². The SMILES string of the molecule is CC/C(=N/NC(=S)Nc1cccc(OC)c1)c1ccc(F)cc1. The predicted molar refractivity (Wildman–Crippen MR) is 95.6 cm³/mol. The number of halogens is 1. The highest BCUT2D eigenvalue weighted by molar-refractivity contribution is 7.80. The van der Waals surface area contributed by atoms with Crippen LogP contribution >= 0.6 is 12.2 Å². The molecule has 0 aliphatic rings. The van der Waals surface area contributed by atoms with Gasteiger partial charge in [-0.15, -0.1) is 0 Å². The Bertz CT molecular complexity index is 701. The van der Waals surface area contributed by atoms with E-state index in [-0.39, 0.29) is 5.82 Å². The van der Waals surface area contributed by atoms with Crippen LogP contribution < -0.4 is 15.5 Å². The molecular weight excluding hydrogens is 313 g/mol. The van der Waals surface area contributed by atoms with Crippen molar-refractivity contribution < 1.29 is 9.13 Å². The summed E-state index contributed by atoms with van der Waals surface area (Å²) in [4.78, 5) is 0. The minimum Gasteiger partial charge on any atom is -0.497 e. The first kappa shape index (κ1) is 16.9. The number of ether oxygens (including phenoxy) is 1. The molecule has 0 aromatic heterocycles. The van der Waals surface area contributed by atoms with E-state index in [2.05, 4.69) is 15.8 Å². The Hall–Kier alpha value is -2.47. The molecule has 0 aliphatic carbocycles. The molecule has 4 nitrogen and oxygen atoms in total. The summed E-state index contributed by atoms with van der Waals surface area (Å²) in [6.07, 6.45) is 0.695. The molecule has 0 saturated carbocycles.